The standard InChI is InChI=1S/C49H82N12O12S2/c1-9-14-19-38(63)58-37-30-75-74-29-36(45(50)69)57-41(66)25-54-48(72)44(31(6)12-4)59-42(67)27-61(26-32(7)62)43(68)28-60(21-11-3)49(73)35(22-33(13-5)17-10-2)56-40(65)24-52-46(70)34(18-15-16-20-51-8)55-39(64)23-53-47(37)71/h10,13,17,31-32,34-37,44,51,62H,2,5,9,11-12,14-16,18-30H2,1,3-4,6-8H3,(H2,50,69)(H,52,70)(H,53,71)(H,54,72)(H,55,64)(H,56,65)(H,57,66)(H,58,63)(H,59,67)/b33-17+/t31?,32?,34-,35-,36?,37?,44?/m0/s1. The molecule has 7 atom stereocenters. The van der Waals surface area contributed by atoms with E-state index in [0.717, 1.165) is 26.5 Å². The molecule has 0 radical (unpaired) electrons. The van der Waals surface area contributed by atoms with Crippen LogP contribution in [0.3, 0.4) is 0 Å². The summed E-state index contributed by atoms with van der Waals surface area (Å²) in [7, 11) is 3.87. The fourth-order valence-corrected chi connectivity index (χ4v) is 9.56. The van der Waals surface area contributed by atoms with Crippen molar-refractivity contribution in [1.29, 1.82) is 0 Å². The number of β-amino-alcohol motifs (C(OH)–C–C–N with tert-alkyl or cyclic N) is 1. The number of primary amides is 1. The molecule has 1 fully saturated rings. The number of unbranched alkanes of at least 4 members (excludes halogenated alkanes) is 2. The van der Waals surface area contributed by atoms with Crippen LogP contribution in [0.1, 0.15) is 92.4 Å². The van der Waals surface area contributed by atoms with Crippen molar-refractivity contribution in [3.63, 3.8) is 0 Å². The average molecular weight is 1100 g/mol. The van der Waals surface area contributed by atoms with Gasteiger partial charge in [-0.3, -0.25) is 52.7 Å². The van der Waals surface area contributed by atoms with Crippen LogP contribution in [0.15, 0.2) is 37.0 Å². The molecule has 11 amide bonds. The van der Waals surface area contributed by atoms with Crippen LogP contribution >= 0.6 is 21.6 Å². The number of aliphatic hydroxyl groups is 1. The Labute approximate surface area is 448 Å². The molecule has 0 aromatic heterocycles. The van der Waals surface area contributed by atoms with Gasteiger partial charge in [-0.25, -0.2) is 0 Å². The molecule has 5 unspecified atom stereocenters. The molecule has 0 aromatic rings. The number of nitrogens with zero attached hydrogens (tertiary/aromatic N) is 2. The fraction of sp³-hybridized carbons (Fsp3) is 0.653. The minimum Gasteiger partial charge on any atom is -0.392 e. The number of hydrogen-bond acceptors (Lipinski definition) is 15. The van der Waals surface area contributed by atoms with Gasteiger partial charge in [-0.1, -0.05) is 93.5 Å². The van der Waals surface area contributed by atoms with Crippen LogP contribution in [0.2, 0.25) is 0 Å². The molecule has 12 N–H and O–H groups in total. The molecule has 24 nitrogen and oxygen atoms in total. The number of nitrogens with one attached hydrogen (secondary N) is 9. The van der Waals surface area contributed by atoms with Crippen molar-refractivity contribution in [2.75, 3.05) is 70.9 Å². The molecule has 75 heavy (non-hydrogen) atoms. The van der Waals surface area contributed by atoms with Gasteiger partial charge in [0.2, 0.25) is 65.0 Å². The lowest BCUT2D eigenvalue weighted by atomic mass is 9.98. The van der Waals surface area contributed by atoms with E-state index >= 15 is 0 Å². The fourth-order valence-electron chi connectivity index (χ4n) is 7.22. The van der Waals surface area contributed by atoms with E-state index in [1.807, 2.05) is 6.92 Å². The third kappa shape index (κ3) is 27.4. The molecular formula is C49H82N12O12S2. The minimum atomic E-state index is -1.32. The van der Waals surface area contributed by atoms with Crippen LogP contribution in [0.4, 0.5) is 0 Å². The number of nitrogens with two attached hydrogens (primary N) is 1. The van der Waals surface area contributed by atoms with Gasteiger partial charge < -0.3 is 68.5 Å². The molecule has 0 aliphatic carbocycles. The quantitative estimate of drug-likeness (QED) is 0.0372. The highest BCUT2D eigenvalue weighted by molar-refractivity contribution is 8.76. The lowest BCUT2D eigenvalue weighted by molar-refractivity contribution is -0.144. The molecule has 0 saturated carbocycles. The number of aliphatic hydroxyl groups excluding tert-OH is 1. The zero-order valence-electron chi connectivity index (χ0n) is 44.3. The minimum absolute atomic E-state index is 0.0163. The van der Waals surface area contributed by atoms with Crippen LogP contribution in [-0.2, 0) is 52.7 Å². The van der Waals surface area contributed by atoms with E-state index in [4.69, 9.17) is 5.73 Å². The third-order valence-electron chi connectivity index (χ3n) is 11.5. The maximum absolute atomic E-state index is 14.4. The van der Waals surface area contributed by atoms with Crippen LogP contribution in [-0.4, -0.2) is 187 Å². The second-order valence-corrected chi connectivity index (χ2v) is 20.6. The number of amides is 11. The summed E-state index contributed by atoms with van der Waals surface area (Å²) in [5, 5.41) is 33.9. The van der Waals surface area contributed by atoms with E-state index in [-0.39, 0.29) is 43.9 Å². The van der Waals surface area contributed by atoms with Gasteiger partial charge in [0, 0.05) is 37.4 Å². The van der Waals surface area contributed by atoms with Crippen molar-refractivity contribution in [3.05, 3.63) is 37.0 Å². The smallest absolute Gasteiger partial charge is 0.245 e. The summed E-state index contributed by atoms with van der Waals surface area (Å²) < 4.78 is 0. The molecule has 0 bridgehead atoms. The Bertz CT molecular complexity index is 1990. The molecule has 1 rings (SSSR count). The zero-order valence-corrected chi connectivity index (χ0v) is 46.0. The van der Waals surface area contributed by atoms with Gasteiger partial charge >= 0.3 is 0 Å². The third-order valence-corrected chi connectivity index (χ3v) is 13.9. The maximum Gasteiger partial charge on any atom is 0.245 e. The molecule has 0 aromatic carbocycles. The Morgan fingerprint density at radius 1 is 0.773 bits per heavy atom. The highest BCUT2D eigenvalue weighted by Gasteiger charge is 2.33. The molecule has 26 heteroatoms. The number of allylic oxidation sites excluding steroid dienone is 3. The number of hydrogen-bond donors (Lipinski definition) is 11. The Hall–Kier alpha value is -5.99. The highest BCUT2D eigenvalue weighted by atomic mass is 33.1. The summed E-state index contributed by atoms with van der Waals surface area (Å²) in [4.78, 5) is 150. The first kappa shape index (κ1) is 67.0. The Kier molecular flexibility index (Phi) is 33.7. The first-order chi connectivity index (χ1) is 35.6. The Morgan fingerprint density at radius 3 is 1.96 bits per heavy atom. The highest BCUT2D eigenvalue weighted by Crippen LogP contribution is 2.23. The van der Waals surface area contributed by atoms with Gasteiger partial charge in [-0.05, 0) is 64.1 Å². The van der Waals surface area contributed by atoms with Gasteiger partial charge in [0.15, 0.2) is 0 Å². The summed E-state index contributed by atoms with van der Waals surface area (Å²) in [6, 6.07) is -6.11. The summed E-state index contributed by atoms with van der Waals surface area (Å²) >= 11 is 0. The SMILES string of the molecule is C=C/C=C(\C=C)C[C@@H]1NC(=O)CNC(=O)[C@H](CCCCNC)NC(=O)CNC(=O)C(NC(=O)CCCC)CSSCC(C(N)=O)NC(=O)CNC(=O)C(C(C)CC)NC(=O)CN(CC(C)O)C(=O)CN(CCC)C1=O. The van der Waals surface area contributed by atoms with Crippen LogP contribution < -0.4 is 53.6 Å². The van der Waals surface area contributed by atoms with E-state index in [0.29, 0.717) is 50.6 Å². The van der Waals surface area contributed by atoms with Gasteiger partial charge in [-0.2, -0.15) is 0 Å². The molecular weight excluding hydrogens is 1010 g/mol. The topological polar surface area (TPSA) is 349 Å². The van der Waals surface area contributed by atoms with Crippen LogP contribution in [0, 0.1) is 5.92 Å². The zero-order chi connectivity index (χ0) is 56.5. The first-order valence-electron chi connectivity index (χ1n) is 25.3. The van der Waals surface area contributed by atoms with Gasteiger partial charge in [0.25, 0.3) is 0 Å². The van der Waals surface area contributed by atoms with Gasteiger partial charge in [0.1, 0.15) is 30.2 Å². The van der Waals surface area contributed by atoms with E-state index in [2.05, 4.69) is 61.0 Å². The van der Waals surface area contributed by atoms with E-state index in [9.17, 15) is 57.8 Å². The maximum atomic E-state index is 14.4. The number of carbonyl (C=O) groups is 11. The van der Waals surface area contributed by atoms with Crippen molar-refractivity contribution < 1.29 is 57.8 Å². The van der Waals surface area contributed by atoms with Crippen molar-refractivity contribution in [1.82, 2.24) is 57.7 Å². The molecule has 1 aliphatic heterocycles. The largest absolute Gasteiger partial charge is 0.392 e. The van der Waals surface area contributed by atoms with Crippen molar-refractivity contribution >= 4 is 86.6 Å². The van der Waals surface area contributed by atoms with E-state index in [1.165, 1.54) is 24.0 Å². The van der Waals surface area contributed by atoms with Gasteiger partial charge in [0.05, 0.1) is 38.8 Å². The number of carbonyl (C=O) groups excluding carboxylic acids is 11. The van der Waals surface area contributed by atoms with E-state index in [1.54, 1.807) is 33.9 Å². The summed E-state index contributed by atoms with van der Waals surface area (Å²) in [6.07, 6.45) is 6.59. The summed E-state index contributed by atoms with van der Waals surface area (Å²) in [5.74, 6) is -8.80. The number of rotatable bonds is 20. The van der Waals surface area contributed by atoms with Crippen molar-refractivity contribution in [2.45, 2.75) is 129 Å². The Balaban J connectivity index is 3.76. The molecule has 1 heterocycles. The summed E-state index contributed by atoms with van der Waals surface area (Å²) in [5.41, 5.74) is 6.08. The summed E-state index contributed by atoms with van der Waals surface area (Å²) in [6.45, 7) is 13.1. The van der Waals surface area contributed by atoms with Gasteiger partial charge in [-0.15, -0.1) is 0 Å². The van der Waals surface area contributed by atoms with Crippen LogP contribution in [0.5, 0.6) is 0 Å². The average Bonchev–Trinajstić information content (AvgIpc) is 3.36. The molecule has 1 aliphatic rings. The molecule has 0 spiro atoms. The second-order valence-electron chi connectivity index (χ2n) is 18.0. The Morgan fingerprint density at radius 2 is 1.39 bits per heavy atom. The monoisotopic (exact) mass is 1090 g/mol. The van der Waals surface area contributed by atoms with Crippen LogP contribution in [0.25, 0.3) is 0 Å². The predicted molar refractivity (Wildman–Crippen MR) is 288 cm³/mol. The predicted octanol–water partition coefficient (Wildman–Crippen LogP) is -1.60. The van der Waals surface area contributed by atoms with Crippen molar-refractivity contribution in [3.8, 4) is 0 Å². The lowest BCUT2D eigenvalue weighted by Gasteiger charge is -2.31. The lowest BCUT2D eigenvalue weighted by Crippen LogP contribution is -2.56. The molecule has 1 saturated heterocycles. The normalized spacial score (nSPS) is 22.5. The molecule has 422 valence electrons. The first-order valence-corrected chi connectivity index (χ1v) is 27.8. The van der Waals surface area contributed by atoms with Crippen molar-refractivity contribution in [2.24, 2.45) is 11.7 Å². The second kappa shape index (κ2) is 37.7. The van der Waals surface area contributed by atoms with E-state index < -0.39 is 140 Å².